The zero-order valence-electron chi connectivity index (χ0n) is 16.3. The van der Waals surface area contributed by atoms with Gasteiger partial charge in [0.1, 0.15) is 19.0 Å². The first-order valence-electron chi connectivity index (χ1n) is 10.0. The summed E-state index contributed by atoms with van der Waals surface area (Å²) in [6.07, 6.45) is 2.92. The van der Waals surface area contributed by atoms with Crippen LogP contribution in [0.3, 0.4) is 0 Å². The second kappa shape index (κ2) is 9.52. The lowest BCUT2D eigenvalue weighted by atomic mass is 9.99. The highest BCUT2D eigenvalue weighted by Crippen LogP contribution is 2.36. The van der Waals surface area contributed by atoms with Gasteiger partial charge < -0.3 is 23.7 Å². The van der Waals surface area contributed by atoms with Crippen molar-refractivity contribution in [1.29, 1.82) is 0 Å². The SMILES string of the molecule is FC1(c2cc(OCc3ccccc3)cc(OCCOC3CCCCO3)n2)COC1. The molecule has 0 spiro atoms. The largest absolute Gasteiger partial charge is 0.489 e. The van der Waals surface area contributed by atoms with Gasteiger partial charge in [0.15, 0.2) is 12.0 Å². The molecule has 2 aliphatic rings. The summed E-state index contributed by atoms with van der Waals surface area (Å²) >= 11 is 0. The van der Waals surface area contributed by atoms with Crippen LogP contribution < -0.4 is 9.47 Å². The smallest absolute Gasteiger partial charge is 0.217 e. The third kappa shape index (κ3) is 5.44. The van der Waals surface area contributed by atoms with Gasteiger partial charge in [0.05, 0.1) is 25.5 Å². The van der Waals surface area contributed by atoms with E-state index in [0.717, 1.165) is 31.4 Å². The van der Waals surface area contributed by atoms with Crippen LogP contribution >= 0.6 is 0 Å². The third-order valence-corrected chi connectivity index (χ3v) is 4.92. The third-order valence-electron chi connectivity index (χ3n) is 4.92. The Labute approximate surface area is 169 Å². The minimum absolute atomic E-state index is 0.0102. The summed E-state index contributed by atoms with van der Waals surface area (Å²) in [5, 5.41) is 0. The van der Waals surface area contributed by atoms with Gasteiger partial charge in [0.25, 0.3) is 0 Å². The first-order chi connectivity index (χ1) is 14.2. The summed E-state index contributed by atoms with van der Waals surface area (Å²) in [5.41, 5.74) is -0.312. The van der Waals surface area contributed by atoms with E-state index in [1.165, 1.54) is 0 Å². The molecular weight excluding hydrogens is 377 g/mol. The van der Waals surface area contributed by atoms with Crippen LogP contribution in [-0.4, -0.2) is 44.3 Å². The molecular formula is C22H26FNO5. The van der Waals surface area contributed by atoms with Gasteiger partial charge in [-0.25, -0.2) is 9.37 Å². The van der Waals surface area contributed by atoms with Crippen molar-refractivity contribution in [2.24, 2.45) is 0 Å². The van der Waals surface area contributed by atoms with Crippen LogP contribution in [0.15, 0.2) is 42.5 Å². The number of benzene rings is 1. The van der Waals surface area contributed by atoms with E-state index in [4.69, 9.17) is 23.7 Å². The lowest BCUT2D eigenvalue weighted by molar-refractivity contribution is -0.165. The number of halogens is 1. The van der Waals surface area contributed by atoms with Crippen molar-refractivity contribution >= 4 is 0 Å². The highest BCUT2D eigenvalue weighted by atomic mass is 19.1. The van der Waals surface area contributed by atoms with Crippen LogP contribution in [0.4, 0.5) is 4.39 Å². The van der Waals surface area contributed by atoms with Gasteiger partial charge in [-0.15, -0.1) is 0 Å². The van der Waals surface area contributed by atoms with E-state index in [-0.39, 0.29) is 25.2 Å². The van der Waals surface area contributed by atoms with Gasteiger partial charge in [-0.1, -0.05) is 30.3 Å². The molecule has 2 aliphatic heterocycles. The predicted octanol–water partition coefficient (Wildman–Crippen LogP) is 3.78. The summed E-state index contributed by atoms with van der Waals surface area (Å²) in [6.45, 7) is 1.76. The highest BCUT2D eigenvalue weighted by Gasteiger charge is 2.42. The fourth-order valence-electron chi connectivity index (χ4n) is 3.21. The Bertz CT molecular complexity index is 778. The molecule has 0 aliphatic carbocycles. The van der Waals surface area contributed by atoms with E-state index >= 15 is 0 Å². The molecule has 2 fully saturated rings. The highest BCUT2D eigenvalue weighted by molar-refractivity contribution is 5.34. The molecule has 1 aromatic carbocycles. The lowest BCUT2D eigenvalue weighted by Crippen LogP contribution is -2.43. The lowest BCUT2D eigenvalue weighted by Gasteiger charge is -2.33. The number of pyridine rings is 1. The molecule has 0 saturated carbocycles. The molecule has 156 valence electrons. The quantitative estimate of drug-likeness (QED) is 0.594. The number of nitrogens with zero attached hydrogens (tertiary/aromatic N) is 1. The molecule has 7 heteroatoms. The predicted molar refractivity (Wildman–Crippen MR) is 104 cm³/mol. The number of aromatic nitrogens is 1. The summed E-state index contributed by atoms with van der Waals surface area (Å²) in [7, 11) is 0. The monoisotopic (exact) mass is 403 g/mol. The number of ether oxygens (including phenoxy) is 5. The van der Waals surface area contributed by atoms with E-state index < -0.39 is 5.67 Å². The van der Waals surface area contributed by atoms with Crippen molar-refractivity contribution < 1.29 is 28.1 Å². The Morgan fingerprint density at radius 1 is 1.07 bits per heavy atom. The van der Waals surface area contributed by atoms with Crippen molar-refractivity contribution in [3.05, 3.63) is 53.7 Å². The van der Waals surface area contributed by atoms with Gasteiger partial charge in [-0.2, -0.15) is 0 Å². The molecule has 29 heavy (non-hydrogen) atoms. The molecule has 0 N–H and O–H groups in total. The zero-order chi connectivity index (χ0) is 19.9. The van der Waals surface area contributed by atoms with Crippen molar-refractivity contribution in [1.82, 2.24) is 4.98 Å². The maximum Gasteiger partial charge on any atom is 0.217 e. The van der Waals surface area contributed by atoms with E-state index in [9.17, 15) is 4.39 Å². The molecule has 1 atom stereocenters. The summed E-state index contributed by atoms with van der Waals surface area (Å²) < 4.78 is 42.7. The summed E-state index contributed by atoms with van der Waals surface area (Å²) in [5.74, 6) is 0.817. The maximum atomic E-state index is 14.9. The molecule has 6 nitrogen and oxygen atoms in total. The second-order valence-corrected chi connectivity index (χ2v) is 7.27. The van der Waals surface area contributed by atoms with Gasteiger partial charge in [0.2, 0.25) is 5.88 Å². The molecule has 0 radical (unpaired) electrons. The first-order valence-corrected chi connectivity index (χ1v) is 10.0. The first kappa shape index (κ1) is 20.1. The second-order valence-electron chi connectivity index (χ2n) is 7.27. The average molecular weight is 403 g/mol. The van der Waals surface area contributed by atoms with E-state index in [0.29, 0.717) is 31.5 Å². The van der Waals surface area contributed by atoms with E-state index in [2.05, 4.69) is 4.98 Å². The minimum atomic E-state index is -1.60. The number of hydrogen-bond acceptors (Lipinski definition) is 6. The van der Waals surface area contributed by atoms with Crippen molar-refractivity contribution in [3.63, 3.8) is 0 Å². The fraction of sp³-hybridized carbons (Fsp3) is 0.500. The molecule has 2 aromatic rings. The average Bonchev–Trinajstić information content (AvgIpc) is 2.75. The van der Waals surface area contributed by atoms with Crippen LogP contribution in [0.1, 0.15) is 30.5 Å². The standard InChI is InChI=1S/C22H26FNO5/c23-22(15-25-16-22)19-12-18(29-14-17-6-2-1-3-7-17)13-20(24-19)26-10-11-28-21-8-4-5-9-27-21/h1-3,6-7,12-13,21H,4-5,8-11,14-16H2. The molecule has 0 amide bonds. The normalized spacial score (nSPS) is 20.7. The summed E-state index contributed by atoms with van der Waals surface area (Å²) in [4.78, 5) is 4.32. The van der Waals surface area contributed by atoms with Gasteiger partial charge in [0, 0.05) is 18.7 Å². The van der Waals surface area contributed by atoms with Gasteiger partial charge in [-0.3, -0.25) is 0 Å². The van der Waals surface area contributed by atoms with Crippen LogP contribution in [0, 0.1) is 0 Å². The Balaban J connectivity index is 1.37. The molecule has 3 heterocycles. The van der Waals surface area contributed by atoms with Crippen LogP contribution in [0.2, 0.25) is 0 Å². The fourth-order valence-corrected chi connectivity index (χ4v) is 3.21. The Hall–Kier alpha value is -2.22. The topological polar surface area (TPSA) is 59.0 Å². The minimum Gasteiger partial charge on any atom is -0.489 e. The Morgan fingerprint density at radius 3 is 2.66 bits per heavy atom. The van der Waals surface area contributed by atoms with Crippen LogP contribution in [0.5, 0.6) is 11.6 Å². The number of rotatable bonds is 9. The molecule has 0 bridgehead atoms. The molecule has 4 rings (SSSR count). The van der Waals surface area contributed by atoms with Crippen LogP contribution in [-0.2, 0) is 26.5 Å². The summed E-state index contributed by atoms with van der Waals surface area (Å²) in [6, 6.07) is 13.1. The van der Waals surface area contributed by atoms with Crippen molar-refractivity contribution in [2.75, 3.05) is 33.0 Å². The number of alkyl halides is 1. The number of hydrogen-bond donors (Lipinski definition) is 0. The molecule has 1 unspecified atom stereocenters. The molecule has 2 saturated heterocycles. The van der Waals surface area contributed by atoms with Crippen LogP contribution in [0.25, 0.3) is 0 Å². The maximum absolute atomic E-state index is 14.9. The Morgan fingerprint density at radius 2 is 1.93 bits per heavy atom. The van der Waals surface area contributed by atoms with Gasteiger partial charge in [-0.05, 0) is 24.8 Å². The van der Waals surface area contributed by atoms with Crippen molar-refractivity contribution in [3.8, 4) is 11.6 Å². The molecule has 1 aromatic heterocycles. The van der Waals surface area contributed by atoms with E-state index in [1.807, 2.05) is 30.3 Å². The Kier molecular flexibility index (Phi) is 6.59. The van der Waals surface area contributed by atoms with Crippen molar-refractivity contribution in [2.45, 2.75) is 37.8 Å². The van der Waals surface area contributed by atoms with E-state index in [1.54, 1.807) is 12.1 Å². The zero-order valence-corrected chi connectivity index (χ0v) is 16.3. The van der Waals surface area contributed by atoms with Gasteiger partial charge >= 0.3 is 0 Å².